The third-order valence-electron chi connectivity index (χ3n) is 3.26. The first-order valence-corrected chi connectivity index (χ1v) is 6.63. The largest absolute Gasteiger partial charge is 0.480 e. The number of carboxylic acids is 1. The van der Waals surface area contributed by atoms with E-state index in [1.54, 1.807) is 0 Å². The second kappa shape index (κ2) is 7.36. The Morgan fingerprint density at radius 3 is 2.33 bits per heavy atom. The fraction of sp³-hybridized carbons (Fsp3) is 0.846. The first-order valence-electron chi connectivity index (χ1n) is 6.63. The number of amides is 1. The van der Waals surface area contributed by atoms with Crippen LogP contribution in [-0.2, 0) is 14.3 Å². The van der Waals surface area contributed by atoms with Crippen LogP contribution in [0.5, 0.6) is 0 Å². The number of hydrogen-bond donors (Lipinski definition) is 1. The number of hydrogen-bond acceptors (Lipinski definition) is 3. The van der Waals surface area contributed by atoms with Crippen LogP contribution in [0.2, 0.25) is 0 Å². The normalized spacial score (nSPS) is 16.8. The fourth-order valence-corrected chi connectivity index (χ4v) is 2.57. The predicted octanol–water partition coefficient (Wildman–Crippen LogP) is 1.66. The van der Waals surface area contributed by atoms with Crippen molar-refractivity contribution < 1.29 is 19.4 Å². The van der Waals surface area contributed by atoms with Crippen LogP contribution in [0.1, 0.15) is 46.0 Å². The maximum absolute atomic E-state index is 12.1. The molecule has 0 aliphatic heterocycles. The average Bonchev–Trinajstić information content (AvgIpc) is 2.29. The molecule has 1 saturated carbocycles. The van der Waals surface area contributed by atoms with Crippen LogP contribution in [0.25, 0.3) is 0 Å². The van der Waals surface area contributed by atoms with Crippen molar-refractivity contribution in [2.45, 2.75) is 58.0 Å². The smallest absolute Gasteiger partial charge is 0.329 e. The summed E-state index contributed by atoms with van der Waals surface area (Å²) in [6.45, 7) is 3.43. The van der Waals surface area contributed by atoms with Crippen LogP contribution in [0.3, 0.4) is 0 Å². The number of rotatable bonds is 6. The van der Waals surface area contributed by atoms with E-state index in [0.717, 1.165) is 25.7 Å². The van der Waals surface area contributed by atoms with Crippen molar-refractivity contribution in [1.29, 1.82) is 0 Å². The van der Waals surface area contributed by atoms with Crippen molar-refractivity contribution in [1.82, 2.24) is 4.90 Å². The van der Waals surface area contributed by atoms with Crippen molar-refractivity contribution in [2.75, 3.05) is 13.2 Å². The fourth-order valence-electron chi connectivity index (χ4n) is 2.57. The van der Waals surface area contributed by atoms with E-state index in [4.69, 9.17) is 9.84 Å². The molecule has 0 saturated heterocycles. The molecular formula is C13H23NO4. The summed E-state index contributed by atoms with van der Waals surface area (Å²) in [6.07, 6.45) is 5.66. The van der Waals surface area contributed by atoms with E-state index in [1.807, 2.05) is 18.7 Å². The lowest BCUT2D eigenvalue weighted by Gasteiger charge is -2.37. The molecule has 5 nitrogen and oxygen atoms in total. The van der Waals surface area contributed by atoms with Gasteiger partial charge in [0, 0.05) is 12.1 Å². The summed E-state index contributed by atoms with van der Waals surface area (Å²) in [5, 5.41) is 8.47. The van der Waals surface area contributed by atoms with Crippen molar-refractivity contribution in [3.8, 4) is 0 Å². The molecule has 0 spiro atoms. The van der Waals surface area contributed by atoms with Gasteiger partial charge in [0.2, 0.25) is 5.91 Å². The molecular weight excluding hydrogens is 234 g/mol. The van der Waals surface area contributed by atoms with E-state index in [2.05, 4.69) is 0 Å². The monoisotopic (exact) mass is 257 g/mol. The topological polar surface area (TPSA) is 66.8 Å². The van der Waals surface area contributed by atoms with Gasteiger partial charge >= 0.3 is 5.97 Å². The van der Waals surface area contributed by atoms with E-state index in [9.17, 15) is 9.59 Å². The molecule has 0 radical (unpaired) electrons. The summed E-state index contributed by atoms with van der Waals surface area (Å²) in [5.74, 6) is -1.14. The first-order chi connectivity index (χ1) is 8.52. The number of carbonyl (C=O) groups excluding carboxylic acids is 1. The minimum Gasteiger partial charge on any atom is -0.480 e. The first kappa shape index (κ1) is 15.0. The third kappa shape index (κ3) is 4.64. The summed E-state index contributed by atoms with van der Waals surface area (Å²) in [7, 11) is 0. The van der Waals surface area contributed by atoms with Crippen molar-refractivity contribution in [3.63, 3.8) is 0 Å². The molecule has 1 fully saturated rings. The van der Waals surface area contributed by atoms with Crippen LogP contribution >= 0.6 is 0 Å². The molecule has 1 aliphatic carbocycles. The Bertz CT molecular complexity index is 285. The highest BCUT2D eigenvalue weighted by Crippen LogP contribution is 2.24. The summed E-state index contributed by atoms with van der Waals surface area (Å²) in [6, 6.07) is 0.425. The maximum Gasteiger partial charge on any atom is 0.329 e. The van der Waals surface area contributed by atoms with Gasteiger partial charge in [-0.1, -0.05) is 19.3 Å². The molecule has 0 unspecified atom stereocenters. The van der Waals surface area contributed by atoms with E-state index in [1.165, 1.54) is 6.42 Å². The van der Waals surface area contributed by atoms with Gasteiger partial charge in [-0.3, -0.25) is 4.79 Å². The van der Waals surface area contributed by atoms with Crippen molar-refractivity contribution >= 4 is 11.9 Å². The number of carbonyl (C=O) groups is 2. The van der Waals surface area contributed by atoms with E-state index < -0.39 is 12.6 Å². The van der Waals surface area contributed by atoms with Crippen LogP contribution < -0.4 is 0 Å². The lowest BCUT2D eigenvalue weighted by molar-refractivity contribution is -0.147. The van der Waals surface area contributed by atoms with Gasteiger partial charge < -0.3 is 14.7 Å². The average molecular weight is 257 g/mol. The van der Waals surface area contributed by atoms with E-state index in [-0.39, 0.29) is 18.6 Å². The molecule has 0 bridgehead atoms. The molecule has 18 heavy (non-hydrogen) atoms. The molecule has 104 valence electrons. The molecule has 0 aromatic carbocycles. The van der Waals surface area contributed by atoms with Gasteiger partial charge in [-0.2, -0.15) is 0 Å². The van der Waals surface area contributed by atoms with Gasteiger partial charge in [-0.25, -0.2) is 4.79 Å². The molecule has 1 rings (SSSR count). The van der Waals surface area contributed by atoms with Gasteiger partial charge in [-0.05, 0) is 26.7 Å². The maximum atomic E-state index is 12.1. The van der Waals surface area contributed by atoms with E-state index >= 15 is 0 Å². The Morgan fingerprint density at radius 1 is 1.22 bits per heavy atom. The summed E-state index contributed by atoms with van der Waals surface area (Å²) < 4.78 is 4.89. The second-order valence-electron chi connectivity index (χ2n) is 5.07. The highest BCUT2D eigenvalue weighted by atomic mass is 16.5. The van der Waals surface area contributed by atoms with Gasteiger partial charge in [0.25, 0.3) is 0 Å². The Labute approximate surface area is 108 Å². The Morgan fingerprint density at radius 2 is 1.83 bits per heavy atom. The molecule has 5 heteroatoms. The highest BCUT2D eigenvalue weighted by Gasteiger charge is 2.27. The quantitative estimate of drug-likeness (QED) is 0.785. The standard InChI is InChI=1S/C13H23NO4/c1-10(2)14(11-6-4-3-5-7-11)12(15)8-18-9-13(16)17/h10-11H,3-9H2,1-2H3,(H,16,17). The Kier molecular flexibility index (Phi) is 6.12. The molecule has 0 aromatic heterocycles. The zero-order valence-electron chi connectivity index (χ0n) is 11.2. The van der Waals surface area contributed by atoms with Gasteiger partial charge in [0.1, 0.15) is 13.2 Å². The Balaban J connectivity index is 2.49. The van der Waals surface area contributed by atoms with Crippen LogP contribution in [0.4, 0.5) is 0 Å². The minimum absolute atomic E-state index is 0.0989. The Hall–Kier alpha value is -1.10. The number of carboxylic acid groups (broad SMARTS) is 1. The molecule has 0 atom stereocenters. The van der Waals surface area contributed by atoms with Crippen LogP contribution in [0, 0.1) is 0 Å². The molecule has 1 aliphatic rings. The van der Waals surface area contributed by atoms with Crippen molar-refractivity contribution in [2.24, 2.45) is 0 Å². The number of nitrogens with zero attached hydrogens (tertiary/aromatic N) is 1. The van der Waals surface area contributed by atoms with Crippen molar-refractivity contribution in [3.05, 3.63) is 0 Å². The van der Waals surface area contributed by atoms with E-state index in [0.29, 0.717) is 6.04 Å². The molecule has 0 aromatic rings. The number of ether oxygens (including phenoxy) is 1. The van der Waals surface area contributed by atoms with Crippen LogP contribution in [0.15, 0.2) is 0 Å². The minimum atomic E-state index is -1.04. The third-order valence-corrected chi connectivity index (χ3v) is 3.26. The SMILES string of the molecule is CC(C)N(C(=O)COCC(=O)O)C1CCCCC1. The zero-order chi connectivity index (χ0) is 13.5. The van der Waals surface area contributed by atoms with Gasteiger partial charge in [0.15, 0.2) is 0 Å². The molecule has 1 amide bonds. The van der Waals surface area contributed by atoms with Gasteiger partial charge in [0.05, 0.1) is 0 Å². The molecule has 1 N–H and O–H groups in total. The summed E-state index contributed by atoms with van der Waals surface area (Å²) in [4.78, 5) is 24.3. The zero-order valence-corrected chi connectivity index (χ0v) is 11.2. The highest BCUT2D eigenvalue weighted by molar-refractivity contribution is 5.78. The summed E-state index contributed by atoms with van der Waals surface area (Å²) in [5.41, 5.74) is 0. The predicted molar refractivity (Wildman–Crippen MR) is 67.3 cm³/mol. The molecule has 0 heterocycles. The van der Waals surface area contributed by atoms with Crippen LogP contribution in [-0.4, -0.2) is 47.2 Å². The van der Waals surface area contributed by atoms with Gasteiger partial charge in [-0.15, -0.1) is 0 Å². The second-order valence-corrected chi connectivity index (χ2v) is 5.07. The lowest BCUT2D eigenvalue weighted by Crippen LogP contribution is -2.47. The summed E-state index contributed by atoms with van der Waals surface area (Å²) >= 11 is 0. The number of aliphatic carboxylic acids is 1. The lowest BCUT2D eigenvalue weighted by atomic mass is 9.93.